The van der Waals surface area contributed by atoms with Crippen LogP contribution in [-0.4, -0.2) is 18.6 Å². The average molecular weight is 143 g/mol. The van der Waals surface area contributed by atoms with Crippen molar-refractivity contribution >= 4 is 5.97 Å². The van der Waals surface area contributed by atoms with Gasteiger partial charge in [0.15, 0.2) is 0 Å². The van der Waals surface area contributed by atoms with Crippen LogP contribution in [-0.2, 0) is 9.53 Å². The number of carbonyl (C=O) groups is 1. The van der Waals surface area contributed by atoms with Crippen molar-refractivity contribution < 1.29 is 9.53 Å². The van der Waals surface area contributed by atoms with E-state index in [-0.39, 0.29) is 5.97 Å². The van der Waals surface area contributed by atoms with Gasteiger partial charge in [-0.1, -0.05) is 0 Å². The highest BCUT2D eigenvalue weighted by Crippen LogP contribution is 2.25. The summed E-state index contributed by atoms with van der Waals surface area (Å²) in [7, 11) is 0. The van der Waals surface area contributed by atoms with E-state index >= 15 is 0 Å². The zero-order chi connectivity index (χ0) is 7.56. The number of nitrogens with two attached hydrogens (primary N) is 1. The number of hydrogen-bond donors (Lipinski definition) is 1. The van der Waals surface area contributed by atoms with Crippen molar-refractivity contribution in [3.05, 3.63) is 0 Å². The van der Waals surface area contributed by atoms with Crippen LogP contribution in [0.3, 0.4) is 0 Å². The first-order chi connectivity index (χ1) is 4.68. The van der Waals surface area contributed by atoms with Crippen molar-refractivity contribution in [1.29, 1.82) is 0 Å². The van der Waals surface area contributed by atoms with Crippen LogP contribution in [0.1, 0.15) is 19.8 Å². The summed E-state index contributed by atoms with van der Waals surface area (Å²) in [5.41, 5.74) is 5.53. The molecule has 3 heteroatoms. The minimum atomic E-state index is -0.194. The first kappa shape index (κ1) is 7.54. The fraction of sp³-hybridized carbons (Fsp3) is 0.857. The number of esters is 1. The highest BCUT2D eigenvalue weighted by molar-refractivity contribution is 5.65. The summed E-state index contributed by atoms with van der Waals surface area (Å²) in [6.45, 7) is 1.99. The highest BCUT2D eigenvalue weighted by Gasteiger charge is 2.26. The van der Waals surface area contributed by atoms with Crippen molar-refractivity contribution in [2.24, 2.45) is 11.7 Å². The molecule has 0 radical (unpaired) electrons. The van der Waals surface area contributed by atoms with E-state index in [1.807, 2.05) is 0 Å². The third kappa shape index (κ3) is 1.99. The molecule has 0 aliphatic heterocycles. The van der Waals surface area contributed by atoms with Gasteiger partial charge in [-0.3, -0.25) is 4.79 Å². The zero-order valence-corrected chi connectivity index (χ0v) is 6.17. The Balaban J connectivity index is 2.00. The van der Waals surface area contributed by atoms with Crippen molar-refractivity contribution in [2.45, 2.75) is 25.8 Å². The van der Waals surface area contributed by atoms with Crippen LogP contribution in [0.5, 0.6) is 0 Å². The number of rotatable bonds is 2. The van der Waals surface area contributed by atoms with Crippen LogP contribution >= 0.6 is 0 Å². The van der Waals surface area contributed by atoms with Gasteiger partial charge in [0.1, 0.15) is 0 Å². The van der Waals surface area contributed by atoms with Gasteiger partial charge in [-0.25, -0.2) is 0 Å². The summed E-state index contributed by atoms with van der Waals surface area (Å²) in [6, 6.07) is 0.348. The maximum atomic E-state index is 10.3. The molecule has 1 rings (SSSR count). The number of carbonyl (C=O) groups excluding carboxylic acids is 1. The molecular weight excluding hydrogens is 130 g/mol. The first-order valence-electron chi connectivity index (χ1n) is 3.57. The maximum Gasteiger partial charge on any atom is 0.302 e. The quantitative estimate of drug-likeness (QED) is 0.565. The normalized spacial score (nSPS) is 31.0. The molecule has 0 atom stereocenters. The van der Waals surface area contributed by atoms with Gasteiger partial charge < -0.3 is 10.5 Å². The summed E-state index contributed by atoms with van der Waals surface area (Å²) < 4.78 is 4.80. The van der Waals surface area contributed by atoms with Gasteiger partial charge in [0.05, 0.1) is 6.61 Å². The first-order valence-corrected chi connectivity index (χ1v) is 3.57. The summed E-state index contributed by atoms with van der Waals surface area (Å²) >= 11 is 0. The lowest BCUT2D eigenvalue weighted by atomic mass is 9.82. The molecule has 1 fully saturated rings. The van der Waals surface area contributed by atoms with E-state index < -0.39 is 0 Å². The standard InChI is InChI=1S/C7H13NO2/c1-5(9)10-4-6-2-7(8)3-6/h6-7H,2-4,8H2,1H3. The molecular formula is C7H13NO2. The van der Waals surface area contributed by atoms with Gasteiger partial charge in [0, 0.05) is 13.0 Å². The SMILES string of the molecule is CC(=O)OCC1CC(N)C1. The number of ether oxygens (including phenoxy) is 1. The lowest BCUT2D eigenvalue weighted by Crippen LogP contribution is -2.38. The van der Waals surface area contributed by atoms with E-state index in [9.17, 15) is 4.79 Å². The van der Waals surface area contributed by atoms with Crippen LogP contribution in [0.15, 0.2) is 0 Å². The molecule has 1 aliphatic carbocycles. The van der Waals surface area contributed by atoms with Gasteiger partial charge >= 0.3 is 5.97 Å². The third-order valence-electron chi connectivity index (χ3n) is 1.79. The second kappa shape index (κ2) is 3.01. The summed E-state index contributed by atoms with van der Waals surface area (Å²) in [4.78, 5) is 10.3. The Kier molecular flexibility index (Phi) is 2.27. The van der Waals surface area contributed by atoms with Crippen molar-refractivity contribution in [3.8, 4) is 0 Å². The molecule has 0 bridgehead atoms. The second-order valence-corrected chi connectivity index (χ2v) is 2.90. The fourth-order valence-corrected chi connectivity index (χ4v) is 1.16. The Morgan fingerprint density at radius 1 is 1.70 bits per heavy atom. The topological polar surface area (TPSA) is 52.3 Å². The predicted octanol–water partition coefficient (Wildman–Crippen LogP) is 0.287. The van der Waals surface area contributed by atoms with Gasteiger partial charge in [-0.05, 0) is 18.8 Å². The van der Waals surface area contributed by atoms with Crippen LogP contribution < -0.4 is 5.73 Å². The summed E-state index contributed by atoms with van der Waals surface area (Å²) in [5, 5.41) is 0. The van der Waals surface area contributed by atoms with E-state index in [0.29, 0.717) is 18.6 Å². The number of hydrogen-bond acceptors (Lipinski definition) is 3. The van der Waals surface area contributed by atoms with Crippen LogP contribution in [0.25, 0.3) is 0 Å². The molecule has 58 valence electrons. The maximum absolute atomic E-state index is 10.3. The molecule has 0 aromatic rings. The predicted molar refractivity (Wildman–Crippen MR) is 37.3 cm³/mol. The monoisotopic (exact) mass is 143 g/mol. The summed E-state index contributed by atoms with van der Waals surface area (Å²) in [6.07, 6.45) is 2.01. The fourth-order valence-electron chi connectivity index (χ4n) is 1.16. The van der Waals surface area contributed by atoms with Crippen molar-refractivity contribution in [2.75, 3.05) is 6.61 Å². The highest BCUT2D eigenvalue weighted by atomic mass is 16.5. The molecule has 0 aromatic heterocycles. The van der Waals surface area contributed by atoms with E-state index in [1.165, 1.54) is 6.92 Å². The molecule has 3 nitrogen and oxygen atoms in total. The molecule has 10 heavy (non-hydrogen) atoms. The van der Waals surface area contributed by atoms with Gasteiger partial charge in [0.2, 0.25) is 0 Å². The van der Waals surface area contributed by atoms with E-state index in [4.69, 9.17) is 10.5 Å². The van der Waals surface area contributed by atoms with Crippen LogP contribution in [0.2, 0.25) is 0 Å². The molecule has 1 saturated carbocycles. The van der Waals surface area contributed by atoms with Crippen LogP contribution in [0.4, 0.5) is 0 Å². The smallest absolute Gasteiger partial charge is 0.302 e. The Bertz CT molecular complexity index is 130. The molecule has 0 unspecified atom stereocenters. The Morgan fingerprint density at radius 3 is 2.70 bits per heavy atom. The second-order valence-electron chi connectivity index (χ2n) is 2.90. The average Bonchev–Trinajstić information content (AvgIpc) is 1.77. The summed E-state index contributed by atoms with van der Waals surface area (Å²) in [5.74, 6) is 0.333. The van der Waals surface area contributed by atoms with E-state index in [1.54, 1.807) is 0 Å². The molecule has 1 aliphatic rings. The molecule has 0 saturated heterocycles. The van der Waals surface area contributed by atoms with Gasteiger partial charge in [-0.15, -0.1) is 0 Å². The third-order valence-corrected chi connectivity index (χ3v) is 1.79. The molecule has 2 N–H and O–H groups in total. The zero-order valence-electron chi connectivity index (χ0n) is 6.17. The van der Waals surface area contributed by atoms with Crippen molar-refractivity contribution in [3.63, 3.8) is 0 Å². The lowest BCUT2D eigenvalue weighted by molar-refractivity contribution is -0.143. The largest absolute Gasteiger partial charge is 0.466 e. The van der Waals surface area contributed by atoms with Gasteiger partial charge in [0.25, 0.3) is 0 Å². The minimum absolute atomic E-state index is 0.194. The Morgan fingerprint density at radius 2 is 2.30 bits per heavy atom. The lowest BCUT2D eigenvalue weighted by Gasteiger charge is -2.31. The van der Waals surface area contributed by atoms with Crippen molar-refractivity contribution in [1.82, 2.24) is 0 Å². The van der Waals surface area contributed by atoms with E-state index in [2.05, 4.69) is 0 Å². The molecule has 0 heterocycles. The van der Waals surface area contributed by atoms with Crippen LogP contribution in [0, 0.1) is 5.92 Å². The molecule has 0 amide bonds. The Labute approximate surface area is 60.5 Å². The molecule has 0 aromatic carbocycles. The van der Waals surface area contributed by atoms with E-state index in [0.717, 1.165) is 12.8 Å². The molecule has 0 spiro atoms. The Hall–Kier alpha value is -0.570. The van der Waals surface area contributed by atoms with Gasteiger partial charge in [-0.2, -0.15) is 0 Å². The minimum Gasteiger partial charge on any atom is -0.466 e.